The Bertz CT molecular complexity index is 290. The summed E-state index contributed by atoms with van der Waals surface area (Å²) in [6.45, 7) is 2.82. The van der Waals surface area contributed by atoms with Crippen LogP contribution in [0.2, 0.25) is 0 Å². The number of hydrogen-bond acceptors (Lipinski definition) is 4. The van der Waals surface area contributed by atoms with Gasteiger partial charge in [0.15, 0.2) is 9.84 Å². The zero-order valence-corrected chi connectivity index (χ0v) is 11.1. The molecule has 1 rings (SSSR count). The number of ether oxygens (including phenoxy) is 1. The second kappa shape index (κ2) is 6.57. The summed E-state index contributed by atoms with van der Waals surface area (Å²) in [5, 5.41) is 3.40. The summed E-state index contributed by atoms with van der Waals surface area (Å²) in [7, 11) is -1.09. The Kier molecular flexibility index (Phi) is 5.72. The van der Waals surface area contributed by atoms with Gasteiger partial charge in [0.1, 0.15) is 0 Å². The van der Waals surface area contributed by atoms with Gasteiger partial charge in [-0.25, -0.2) is 8.42 Å². The fraction of sp³-hybridized carbons (Fsp3) is 1.00. The fourth-order valence-electron chi connectivity index (χ4n) is 2.13. The molecule has 0 radical (unpaired) electrons. The van der Waals surface area contributed by atoms with Crippen molar-refractivity contribution in [3.8, 4) is 0 Å². The molecule has 0 aliphatic carbocycles. The zero-order valence-electron chi connectivity index (χ0n) is 10.2. The van der Waals surface area contributed by atoms with Crippen LogP contribution in [0.15, 0.2) is 0 Å². The summed E-state index contributed by atoms with van der Waals surface area (Å²) in [4.78, 5) is 0. The molecule has 1 saturated heterocycles. The van der Waals surface area contributed by atoms with E-state index in [0.717, 1.165) is 25.7 Å². The van der Waals surface area contributed by atoms with Crippen molar-refractivity contribution in [1.29, 1.82) is 0 Å². The highest BCUT2D eigenvalue weighted by molar-refractivity contribution is 7.91. The number of methoxy groups -OCH3 is 1. The summed E-state index contributed by atoms with van der Waals surface area (Å²) in [5.74, 6) is 0.623. The molecule has 16 heavy (non-hydrogen) atoms. The second-order valence-electron chi connectivity index (χ2n) is 4.56. The van der Waals surface area contributed by atoms with Gasteiger partial charge in [-0.05, 0) is 12.8 Å². The van der Waals surface area contributed by atoms with E-state index >= 15 is 0 Å². The van der Waals surface area contributed by atoms with E-state index in [1.54, 1.807) is 7.11 Å². The van der Waals surface area contributed by atoms with Gasteiger partial charge in [0.25, 0.3) is 0 Å². The summed E-state index contributed by atoms with van der Waals surface area (Å²) in [6, 6.07) is 0.422. The van der Waals surface area contributed by atoms with Gasteiger partial charge in [-0.2, -0.15) is 0 Å². The van der Waals surface area contributed by atoms with Crippen LogP contribution in [0.25, 0.3) is 0 Å². The van der Waals surface area contributed by atoms with Crippen LogP contribution in [0.4, 0.5) is 0 Å². The summed E-state index contributed by atoms with van der Waals surface area (Å²) in [6.07, 6.45) is 4.11. The topological polar surface area (TPSA) is 55.4 Å². The molecule has 0 amide bonds. The van der Waals surface area contributed by atoms with Gasteiger partial charge in [0.05, 0.1) is 18.1 Å². The molecule has 2 atom stereocenters. The third-order valence-electron chi connectivity index (χ3n) is 2.98. The monoisotopic (exact) mass is 249 g/mol. The maximum absolute atomic E-state index is 11.3. The first-order valence-corrected chi connectivity index (χ1v) is 7.85. The van der Waals surface area contributed by atoms with Gasteiger partial charge >= 0.3 is 0 Å². The van der Waals surface area contributed by atoms with Crippen molar-refractivity contribution in [3.63, 3.8) is 0 Å². The first-order chi connectivity index (χ1) is 7.57. The Morgan fingerprint density at radius 3 is 2.75 bits per heavy atom. The minimum absolute atomic E-state index is 0.127. The van der Waals surface area contributed by atoms with Crippen molar-refractivity contribution in [1.82, 2.24) is 5.32 Å². The van der Waals surface area contributed by atoms with Crippen molar-refractivity contribution in [3.05, 3.63) is 0 Å². The number of nitrogens with one attached hydrogen (secondary N) is 1. The molecule has 0 bridgehead atoms. The van der Waals surface area contributed by atoms with Crippen molar-refractivity contribution in [2.24, 2.45) is 0 Å². The van der Waals surface area contributed by atoms with Crippen LogP contribution in [0.3, 0.4) is 0 Å². The Balaban J connectivity index is 2.36. The summed E-state index contributed by atoms with van der Waals surface area (Å²) < 4.78 is 27.8. The Morgan fingerprint density at radius 1 is 1.50 bits per heavy atom. The first kappa shape index (κ1) is 13.9. The van der Waals surface area contributed by atoms with Gasteiger partial charge in [-0.3, -0.25) is 0 Å². The maximum atomic E-state index is 11.3. The molecule has 0 unspecified atom stereocenters. The third-order valence-corrected chi connectivity index (χ3v) is 4.75. The Morgan fingerprint density at radius 2 is 2.25 bits per heavy atom. The van der Waals surface area contributed by atoms with Gasteiger partial charge in [-0.15, -0.1) is 0 Å². The van der Waals surface area contributed by atoms with Crippen LogP contribution in [-0.2, 0) is 14.6 Å². The molecule has 0 saturated carbocycles. The number of hydrogen-bond donors (Lipinski definition) is 1. The first-order valence-electron chi connectivity index (χ1n) is 6.03. The highest BCUT2D eigenvalue weighted by atomic mass is 32.2. The molecule has 1 fully saturated rings. The van der Waals surface area contributed by atoms with Crippen molar-refractivity contribution in [2.75, 3.05) is 25.2 Å². The predicted molar refractivity (Wildman–Crippen MR) is 65.4 cm³/mol. The molecule has 1 aliphatic rings. The minimum Gasteiger partial charge on any atom is -0.383 e. The standard InChI is InChI=1S/C11H23NO3S/c1-3-4-5-10(8-15-2)12-11-6-7-16(13,14)9-11/h10-12H,3-9H2,1-2H3/t10-,11+/m1/s1. The summed E-state index contributed by atoms with van der Waals surface area (Å²) >= 11 is 0. The molecule has 0 aromatic carbocycles. The molecule has 96 valence electrons. The van der Waals surface area contributed by atoms with Gasteiger partial charge in [0.2, 0.25) is 0 Å². The van der Waals surface area contributed by atoms with Crippen molar-refractivity contribution < 1.29 is 13.2 Å². The molecular weight excluding hydrogens is 226 g/mol. The van der Waals surface area contributed by atoms with Crippen LogP contribution >= 0.6 is 0 Å². The van der Waals surface area contributed by atoms with E-state index < -0.39 is 9.84 Å². The van der Waals surface area contributed by atoms with E-state index in [-0.39, 0.29) is 6.04 Å². The van der Waals surface area contributed by atoms with Crippen LogP contribution in [-0.4, -0.2) is 45.7 Å². The zero-order chi connectivity index (χ0) is 12.0. The molecule has 0 aromatic heterocycles. The SMILES string of the molecule is CCCC[C@H](COC)N[C@H]1CCS(=O)(=O)C1. The highest BCUT2D eigenvalue weighted by Crippen LogP contribution is 2.13. The lowest BCUT2D eigenvalue weighted by Gasteiger charge is -2.21. The highest BCUT2D eigenvalue weighted by Gasteiger charge is 2.29. The molecule has 0 aromatic rings. The normalized spacial score (nSPS) is 25.8. The van der Waals surface area contributed by atoms with Crippen LogP contribution in [0.5, 0.6) is 0 Å². The Hall–Kier alpha value is -0.130. The van der Waals surface area contributed by atoms with Crippen LogP contribution < -0.4 is 5.32 Å². The van der Waals surface area contributed by atoms with Gasteiger partial charge < -0.3 is 10.1 Å². The smallest absolute Gasteiger partial charge is 0.151 e. The molecule has 1 N–H and O–H groups in total. The fourth-order valence-corrected chi connectivity index (χ4v) is 3.81. The third kappa shape index (κ3) is 4.80. The minimum atomic E-state index is -2.78. The molecule has 1 heterocycles. The van der Waals surface area contributed by atoms with E-state index in [9.17, 15) is 8.42 Å². The number of unbranched alkanes of at least 4 members (excludes halogenated alkanes) is 1. The van der Waals surface area contributed by atoms with E-state index in [1.165, 1.54) is 0 Å². The quantitative estimate of drug-likeness (QED) is 0.730. The molecule has 0 spiro atoms. The molecular formula is C11H23NO3S. The number of sulfone groups is 1. The average molecular weight is 249 g/mol. The van der Waals surface area contributed by atoms with Gasteiger partial charge in [-0.1, -0.05) is 19.8 Å². The average Bonchev–Trinajstić information content (AvgIpc) is 2.55. The van der Waals surface area contributed by atoms with Crippen molar-refractivity contribution >= 4 is 9.84 Å². The largest absolute Gasteiger partial charge is 0.383 e. The predicted octanol–water partition coefficient (Wildman–Crippen LogP) is 0.968. The lowest BCUT2D eigenvalue weighted by atomic mass is 10.1. The maximum Gasteiger partial charge on any atom is 0.151 e. The molecule has 5 heteroatoms. The Labute approximate surface area is 98.7 Å². The summed E-state index contributed by atoms with van der Waals surface area (Å²) in [5.41, 5.74) is 0. The van der Waals surface area contributed by atoms with Crippen LogP contribution in [0, 0.1) is 0 Å². The van der Waals surface area contributed by atoms with E-state index in [1.807, 2.05) is 0 Å². The lowest BCUT2D eigenvalue weighted by Crippen LogP contribution is -2.41. The van der Waals surface area contributed by atoms with E-state index in [0.29, 0.717) is 24.2 Å². The number of rotatable bonds is 7. The van der Waals surface area contributed by atoms with E-state index in [4.69, 9.17) is 4.74 Å². The lowest BCUT2D eigenvalue weighted by molar-refractivity contribution is 0.156. The van der Waals surface area contributed by atoms with E-state index in [2.05, 4.69) is 12.2 Å². The second-order valence-corrected chi connectivity index (χ2v) is 6.79. The van der Waals surface area contributed by atoms with Gasteiger partial charge in [0, 0.05) is 19.2 Å². The molecule has 4 nitrogen and oxygen atoms in total. The molecule has 1 aliphatic heterocycles. The van der Waals surface area contributed by atoms with Crippen molar-refractivity contribution in [2.45, 2.75) is 44.7 Å². The van der Waals surface area contributed by atoms with Crippen LogP contribution in [0.1, 0.15) is 32.6 Å².